The highest BCUT2D eigenvalue weighted by atomic mass is 16.5. The van der Waals surface area contributed by atoms with Crippen molar-refractivity contribution in [3.8, 4) is 0 Å². The van der Waals surface area contributed by atoms with Crippen LogP contribution in [0.25, 0.3) is 0 Å². The Kier molecular flexibility index (Phi) is 7.25. The molecule has 0 aromatic heterocycles. The summed E-state index contributed by atoms with van der Waals surface area (Å²) < 4.78 is 4.83. The number of carbonyl (C=O) groups is 2. The van der Waals surface area contributed by atoms with Gasteiger partial charge in [0.1, 0.15) is 6.61 Å². The Hall–Kier alpha value is -1.30. The van der Waals surface area contributed by atoms with Gasteiger partial charge < -0.3 is 20.5 Å². The van der Waals surface area contributed by atoms with Crippen molar-refractivity contribution in [3.05, 3.63) is 0 Å². The SMILES string of the molecule is CCC1CCCC(NC(=O)NCCOCC(=O)O)C1. The molecule has 0 aromatic carbocycles. The van der Waals surface area contributed by atoms with Crippen LogP contribution in [-0.2, 0) is 9.53 Å². The van der Waals surface area contributed by atoms with Crippen LogP contribution in [-0.4, -0.2) is 42.9 Å². The van der Waals surface area contributed by atoms with Gasteiger partial charge in [0.15, 0.2) is 0 Å². The first-order chi connectivity index (χ1) is 9.11. The molecule has 0 heterocycles. The van der Waals surface area contributed by atoms with Gasteiger partial charge in [0.2, 0.25) is 0 Å². The Morgan fingerprint density at radius 3 is 2.84 bits per heavy atom. The number of hydrogen-bond acceptors (Lipinski definition) is 3. The molecule has 1 fully saturated rings. The maximum absolute atomic E-state index is 11.6. The molecule has 2 amide bonds. The highest BCUT2D eigenvalue weighted by Crippen LogP contribution is 2.26. The van der Waals surface area contributed by atoms with Gasteiger partial charge in [0, 0.05) is 12.6 Å². The molecule has 0 saturated heterocycles. The first kappa shape index (κ1) is 15.8. The third kappa shape index (κ3) is 7.00. The molecule has 2 unspecified atom stereocenters. The van der Waals surface area contributed by atoms with E-state index in [-0.39, 0.29) is 25.3 Å². The van der Waals surface area contributed by atoms with Crippen molar-refractivity contribution in [1.29, 1.82) is 0 Å². The van der Waals surface area contributed by atoms with Gasteiger partial charge in [-0.05, 0) is 18.8 Å². The molecule has 0 aliphatic heterocycles. The van der Waals surface area contributed by atoms with E-state index in [1.165, 1.54) is 19.3 Å². The molecular weight excluding hydrogens is 248 g/mol. The fourth-order valence-electron chi connectivity index (χ4n) is 2.43. The minimum absolute atomic E-state index is 0.194. The Labute approximate surface area is 113 Å². The number of aliphatic carboxylic acids is 1. The molecule has 1 rings (SSSR count). The number of carboxylic acids is 1. The van der Waals surface area contributed by atoms with Crippen molar-refractivity contribution >= 4 is 12.0 Å². The van der Waals surface area contributed by atoms with Crippen LogP contribution in [0, 0.1) is 5.92 Å². The Morgan fingerprint density at radius 2 is 2.16 bits per heavy atom. The smallest absolute Gasteiger partial charge is 0.329 e. The molecule has 1 saturated carbocycles. The van der Waals surface area contributed by atoms with Gasteiger partial charge in [-0.25, -0.2) is 9.59 Å². The molecule has 0 spiro atoms. The second kappa shape index (κ2) is 8.74. The molecule has 19 heavy (non-hydrogen) atoms. The summed E-state index contributed by atoms with van der Waals surface area (Å²) in [6, 6.07) is 0.0688. The fourth-order valence-corrected chi connectivity index (χ4v) is 2.43. The quantitative estimate of drug-likeness (QED) is 0.611. The van der Waals surface area contributed by atoms with E-state index in [1.807, 2.05) is 0 Å². The zero-order valence-electron chi connectivity index (χ0n) is 11.5. The van der Waals surface area contributed by atoms with Crippen LogP contribution in [0.2, 0.25) is 0 Å². The predicted octanol–water partition coefficient (Wildman–Crippen LogP) is 1.36. The minimum atomic E-state index is -1.00. The van der Waals surface area contributed by atoms with E-state index in [9.17, 15) is 9.59 Å². The number of carbonyl (C=O) groups excluding carboxylic acids is 1. The van der Waals surface area contributed by atoms with Gasteiger partial charge in [-0.15, -0.1) is 0 Å². The zero-order valence-corrected chi connectivity index (χ0v) is 11.5. The van der Waals surface area contributed by atoms with Crippen LogP contribution in [0.1, 0.15) is 39.0 Å². The summed E-state index contributed by atoms with van der Waals surface area (Å²) in [6.07, 6.45) is 5.70. The van der Waals surface area contributed by atoms with E-state index in [2.05, 4.69) is 17.6 Å². The van der Waals surface area contributed by atoms with Crippen molar-refractivity contribution in [2.24, 2.45) is 5.92 Å². The number of ether oxygens (including phenoxy) is 1. The van der Waals surface area contributed by atoms with E-state index in [4.69, 9.17) is 9.84 Å². The lowest BCUT2D eigenvalue weighted by Gasteiger charge is -2.29. The molecule has 0 radical (unpaired) electrons. The normalized spacial score (nSPS) is 22.8. The number of rotatable bonds is 7. The summed E-state index contributed by atoms with van der Waals surface area (Å²) in [4.78, 5) is 21.8. The van der Waals surface area contributed by atoms with E-state index < -0.39 is 5.97 Å². The van der Waals surface area contributed by atoms with Gasteiger partial charge >= 0.3 is 12.0 Å². The molecule has 0 bridgehead atoms. The fraction of sp³-hybridized carbons (Fsp3) is 0.846. The van der Waals surface area contributed by atoms with Gasteiger partial charge in [-0.1, -0.05) is 26.2 Å². The molecule has 6 heteroatoms. The van der Waals surface area contributed by atoms with Crippen molar-refractivity contribution in [2.75, 3.05) is 19.8 Å². The molecule has 2 atom stereocenters. The molecule has 0 aromatic rings. The lowest BCUT2D eigenvalue weighted by Crippen LogP contribution is -2.45. The number of carboxylic acid groups (broad SMARTS) is 1. The van der Waals surface area contributed by atoms with Crippen LogP contribution >= 0.6 is 0 Å². The summed E-state index contributed by atoms with van der Waals surface area (Å²) in [6.45, 7) is 2.39. The van der Waals surface area contributed by atoms with E-state index in [0.717, 1.165) is 18.8 Å². The summed E-state index contributed by atoms with van der Waals surface area (Å²) in [5.74, 6) is -0.282. The lowest BCUT2D eigenvalue weighted by atomic mass is 9.84. The molecule has 1 aliphatic rings. The summed E-state index contributed by atoms with van der Waals surface area (Å²) in [5, 5.41) is 14.0. The number of amides is 2. The average molecular weight is 272 g/mol. The number of hydrogen-bond donors (Lipinski definition) is 3. The first-order valence-electron chi connectivity index (χ1n) is 6.95. The highest BCUT2D eigenvalue weighted by molar-refractivity contribution is 5.74. The predicted molar refractivity (Wildman–Crippen MR) is 71.0 cm³/mol. The van der Waals surface area contributed by atoms with Crippen molar-refractivity contribution in [1.82, 2.24) is 10.6 Å². The summed E-state index contributed by atoms with van der Waals surface area (Å²) >= 11 is 0. The second-order valence-electron chi connectivity index (χ2n) is 4.98. The number of urea groups is 1. The van der Waals surface area contributed by atoms with Crippen molar-refractivity contribution in [3.63, 3.8) is 0 Å². The van der Waals surface area contributed by atoms with Gasteiger partial charge in [0.25, 0.3) is 0 Å². The van der Waals surface area contributed by atoms with Crippen molar-refractivity contribution in [2.45, 2.75) is 45.1 Å². The average Bonchev–Trinajstić information content (AvgIpc) is 2.38. The van der Waals surface area contributed by atoms with Crippen LogP contribution in [0.15, 0.2) is 0 Å². The van der Waals surface area contributed by atoms with E-state index in [0.29, 0.717) is 6.54 Å². The summed E-state index contributed by atoms with van der Waals surface area (Å²) in [5.41, 5.74) is 0. The van der Waals surface area contributed by atoms with E-state index in [1.54, 1.807) is 0 Å². The second-order valence-corrected chi connectivity index (χ2v) is 4.98. The molecule has 3 N–H and O–H groups in total. The highest BCUT2D eigenvalue weighted by Gasteiger charge is 2.21. The Morgan fingerprint density at radius 1 is 1.37 bits per heavy atom. The van der Waals surface area contributed by atoms with E-state index >= 15 is 0 Å². The maximum Gasteiger partial charge on any atom is 0.329 e. The Bertz CT molecular complexity index is 296. The molecule has 6 nitrogen and oxygen atoms in total. The van der Waals surface area contributed by atoms with Crippen LogP contribution in [0.3, 0.4) is 0 Å². The number of nitrogens with one attached hydrogen (secondary N) is 2. The van der Waals surface area contributed by atoms with Gasteiger partial charge in [-0.2, -0.15) is 0 Å². The van der Waals surface area contributed by atoms with Gasteiger partial charge in [-0.3, -0.25) is 0 Å². The van der Waals surface area contributed by atoms with Crippen LogP contribution in [0.4, 0.5) is 4.79 Å². The third-order valence-corrected chi connectivity index (χ3v) is 3.45. The Balaban J connectivity index is 2.08. The minimum Gasteiger partial charge on any atom is -0.480 e. The lowest BCUT2D eigenvalue weighted by molar-refractivity contribution is -0.142. The molecule has 110 valence electrons. The molecular formula is C13H24N2O4. The first-order valence-corrected chi connectivity index (χ1v) is 6.95. The maximum atomic E-state index is 11.6. The topological polar surface area (TPSA) is 87.7 Å². The summed E-state index contributed by atoms with van der Waals surface area (Å²) in [7, 11) is 0. The monoisotopic (exact) mass is 272 g/mol. The van der Waals surface area contributed by atoms with Crippen molar-refractivity contribution < 1.29 is 19.4 Å². The van der Waals surface area contributed by atoms with Gasteiger partial charge in [0.05, 0.1) is 6.61 Å². The zero-order chi connectivity index (χ0) is 14.1. The van der Waals surface area contributed by atoms with Crippen LogP contribution < -0.4 is 10.6 Å². The largest absolute Gasteiger partial charge is 0.480 e. The molecule has 1 aliphatic carbocycles. The standard InChI is InChI=1S/C13H24N2O4/c1-2-10-4-3-5-11(8-10)15-13(18)14-6-7-19-9-12(16)17/h10-11H,2-9H2,1H3,(H,16,17)(H2,14,15,18). The van der Waals surface area contributed by atoms with Crippen LogP contribution in [0.5, 0.6) is 0 Å². The third-order valence-electron chi connectivity index (χ3n) is 3.45.